The highest BCUT2D eigenvalue weighted by atomic mass is 32.1. The van der Waals surface area contributed by atoms with Crippen molar-refractivity contribution in [2.24, 2.45) is 0 Å². The lowest BCUT2D eigenvalue weighted by Crippen LogP contribution is -2.19. The lowest BCUT2D eigenvalue weighted by atomic mass is 9.82. The van der Waals surface area contributed by atoms with Gasteiger partial charge in [-0.1, -0.05) is 120 Å². The molecule has 0 atom stereocenters. The second kappa shape index (κ2) is 10.2. The molecule has 0 unspecified atom stereocenters. The van der Waals surface area contributed by atoms with Crippen LogP contribution in [0.15, 0.2) is 133 Å². The molecular formula is C43H37NS. The minimum atomic E-state index is -0.0805. The Balaban J connectivity index is 1.39. The molecule has 1 aliphatic rings. The van der Waals surface area contributed by atoms with Gasteiger partial charge >= 0.3 is 0 Å². The number of nitrogens with zero attached hydrogens (tertiary/aromatic N) is 1. The van der Waals surface area contributed by atoms with Gasteiger partial charge in [-0.2, -0.15) is 0 Å². The number of benzene rings is 6. The molecule has 8 rings (SSSR count). The van der Waals surface area contributed by atoms with Gasteiger partial charge in [0.1, 0.15) is 0 Å². The fourth-order valence-electron chi connectivity index (χ4n) is 7.27. The van der Waals surface area contributed by atoms with Crippen LogP contribution in [0.2, 0.25) is 0 Å². The Labute approximate surface area is 270 Å². The van der Waals surface area contributed by atoms with Gasteiger partial charge in [-0.3, -0.25) is 0 Å². The molecule has 1 aromatic heterocycles. The summed E-state index contributed by atoms with van der Waals surface area (Å²) in [5.41, 5.74) is 12.7. The third-order valence-corrected chi connectivity index (χ3v) is 10.7. The molecule has 2 heteroatoms. The SMILES string of the molecule is CC(C)(C)c1cc(-c2ccccc2)ccc1N(c1ccc2c(c1)-c1ccccc1C2(C)C)c1ccc2sc3ccccc3c2c1. The van der Waals surface area contributed by atoms with Gasteiger partial charge in [0.25, 0.3) is 0 Å². The molecule has 0 saturated carbocycles. The fraction of sp³-hybridized carbons (Fsp3) is 0.163. The van der Waals surface area contributed by atoms with Crippen molar-refractivity contribution in [1.29, 1.82) is 0 Å². The van der Waals surface area contributed by atoms with E-state index >= 15 is 0 Å². The minimum Gasteiger partial charge on any atom is -0.310 e. The fourth-order valence-corrected chi connectivity index (χ4v) is 8.36. The summed E-state index contributed by atoms with van der Waals surface area (Å²) in [6.07, 6.45) is 0. The van der Waals surface area contributed by atoms with E-state index in [-0.39, 0.29) is 10.8 Å². The maximum atomic E-state index is 2.50. The van der Waals surface area contributed by atoms with Crippen LogP contribution in [0, 0.1) is 0 Å². The number of thiophene rings is 1. The number of hydrogen-bond acceptors (Lipinski definition) is 2. The first-order chi connectivity index (χ1) is 21.7. The van der Waals surface area contributed by atoms with Crippen molar-refractivity contribution in [3.05, 3.63) is 150 Å². The van der Waals surface area contributed by atoms with Crippen molar-refractivity contribution < 1.29 is 0 Å². The van der Waals surface area contributed by atoms with E-state index in [0.717, 1.165) is 0 Å². The second-order valence-corrected chi connectivity index (χ2v) is 14.9. The molecule has 0 radical (unpaired) electrons. The zero-order valence-electron chi connectivity index (χ0n) is 26.6. The van der Waals surface area contributed by atoms with Gasteiger partial charge in [0, 0.05) is 42.6 Å². The van der Waals surface area contributed by atoms with Gasteiger partial charge in [-0.05, 0) is 92.9 Å². The number of anilines is 3. The average Bonchev–Trinajstić information content (AvgIpc) is 3.53. The normalized spacial score (nSPS) is 13.6. The topological polar surface area (TPSA) is 3.24 Å². The molecule has 0 fully saturated rings. The number of fused-ring (bicyclic) bond motifs is 6. The minimum absolute atomic E-state index is 0.0301. The van der Waals surface area contributed by atoms with Crippen molar-refractivity contribution in [3.63, 3.8) is 0 Å². The van der Waals surface area contributed by atoms with E-state index in [1.807, 2.05) is 11.3 Å². The summed E-state index contributed by atoms with van der Waals surface area (Å²) in [5, 5.41) is 2.63. The maximum Gasteiger partial charge on any atom is 0.0499 e. The van der Waals surface area contributed by atoms with Gasteiger partial charge in [0.2, 0.25) is 0 Å². The number of rotatable bonds is 4. The molecule has 7 aromatic rings. The van der Waals surface area contributed by atoms with Crippen LogP contribution >= 0.6 is 11.3 Å². The molecule has 0 spiro atoms. The standard InChI is InChI=1S/C43H37NS/c1-42(2,3)38-25-29(28-13-7-6-8-14-28)19-23-39(38)44(31-21-24-41-35(27-31)33-16-10-12-18-40(33)45-41)30-20-22-37-34(26-30)32-15-9-11-17-36(32)43(37,4)5/h6-27H,1-5H3. The highest BCUT2D eigenvalue weighted by molar-refractivity contribution is 7.25. The van der Waals surface area contributed by atoms with Gasteiger partial charge in [-0.25, -0.2) is 0 Å². The Morgan fingerprint density at radius 2 is 1.20 bits per heavy atom. The lowest BCUT2D eigenvalue weighted by molar-refractivity contribution is 0.591. The molecule has 6 aromatic carbocycles. The van der Waals surface area contributed by atoms with E-state index in [0.29, 0.717) is 0 Å². The van der Waals surface area contributed by atoms with Crippen LogP contribution in [-0.4, -0.2) is 0 Å². The van der Waals surface area contributed by atoms with Crippen molar-refractivity contribution >= 4 is 48.6 Å². The van der Waals surface area contributed by atoms with Crippen molar-refractivity contribution in [1.82, 2.24) is 0 Å². The summed E-state index contributed by atoms with van der Waals surface area (Å²) in [6.45, 7) is 11.7. The van der Waals surface area contributed by atoms with Crippen LogP contribution in [0.5, 0.6) is 0 Å². The zero-order chi connectivity index (χ0) is 30.9. The Hall–Kier alpha value is -4.66. The molecule has 1 nitrogen and oxygen atoms in total. The van der Waals surface area contributed by atoms with Crippen LogP contribution < -0.4 is 4.90 Å². The van der Waals surface area contributed by atoms with E-state index in [4.69, 9.17) is 0 Å². The summed E-state index contributed by atoms with van der Waals surface area (Å²) < 4.78 is 2.65. The van der Waals surface area contributed by atoms with Crippen LogP contribution in [0.1, 0.15) is 51.3 Å². The highest BCUT2D eigenvalue weighted by Gasteiger charge is 2.36. The first-order valence-corrected chi connectivity index (χ1v) is 16.7. The smallest absolute Gasteiger partial charge is 0.0499 e. The predicted octanol–water partition coefficient (Wildman–Crippen LogP) is 12.8. The Morgan fingerprint density at radius 3 is 2.02 bits per heavy atom. The van der Waals surface area contributed by atoms with E-state index in [1.165, 1.54) is 76.2 Å². The Morgan fingerprint density at radius 1 is 0.533 bits per heavy atom. The molecule has 45 heavy (non-hydrogen) atoms. The third-order valence-electron chi connectivity index (χ3n) is 9.60. The van der Waals surface area contributed by atoms with Crippen LogP contribution in [0.4, 0.5) is 17.1 Å². The monoisotopic (exact) mass is 599 g/mol. The van der Waals surface area contributed by atoms with Crippen molar-refractivity contribution in [3.8, 4) is 22.3 Å². The largest absolute Gasteiger partial charge is 0.310 e. The number of hydrogen-bond donors (Lipinski definition) is 0. The molecule has 0 amide bonds. The van der Waals surface area contributed by atoms with Gasteiger partial charge in [0.15, 0.2) is 0 Å². The van der Waals surface area contributed by atoms with E-state index in [2.05, 4.69) is 173 Å². The van der Waals surface area contributed by atoms with Crippen LogP contribution in [0.3, 0.4) is 0 Å². The Bertz CT molecular complexity index is 2230. The van der Waals surface area contributed by atoms with Crippen LogP contribution in [-0.2, 0) is 10.8 Å². The first-order valence-electron chi connectivity index (χ1n) is 15.9. The molecule has 220 valence electrons. The highest BCUT2D eigenvalue weighted by Crippen LogP contribution is 2.51. The van der Waals surface area contributed by atoms with Gasteiger partial charge < -0.3 is 4.90 Å². The predicted molar refractivity (Wildman–Crippen MR) is 196 cm³/mol. The Kier molecular flexibility index (Phi) is 6.31. The van der Waals surface area contributed by atoms with E-state index in [9.17, 15) is 0 Å². The molecule has 0 N–H and O–H groups in total. The van der Waals surface area contributed by atoms with Crippen LogP contribution in [0.25, 0.3) is 42.4 Å². The van der Waals surface area contributed by atoms with E-state index in [1.54, 1.807) is 0 Å². The average molecular weight is 600 g/mol. The molecule has 0 bridgehead atoms. The zero-order valence-corrected chi connectivity index (χ0v) is 27.4. The van der Waals surface area contributed by atoms with Crippen molar-refractivity contribution in [2.45, 2.75) is 45.4 Å². The summed E-state index contributed by atoms with van der Waals surface area (Å²) in [7, 11) is 0. The summed E-state index contributed by atoms with van der Waals surface area (Å²) in [5.74, 6) is 0. The molecule has 0 aliphatic heterocycles. The summed E-state index contributed by atoms with van der Waals surface area (Å²) >= 11 is 1.87. The first kappa shape index (κ1) is 27.9. The summed E-state index contributed by atoms with van der Waals surface area (Å²) in [6, 6.07) is 49.6. The van der Waals surface area contributed by atoms with Gasteiger partial charge in [0.05, 0.1) is 0 Å². The van der Waals surface area contributed by atoms with E-state index < -0.39 is 0 Å². The lowest BCUT2D eigenvalue weighted by Gasteiger charge is -2.33. The second-order valence-electron chi connectivity index (χ2n) is 13.9. The summed E-state index contributed by atoms with van der Waals surface area (Å²) in [4.78, 5) is 2.50. The van der Waals surface area contributed by atoms with Crippen molar-refractivity contribution in [2.75, 3.05) is 4.90 Å². The van der Waals surface area contributed by atoms with Gasteiger partial charge in [-0.15, -0.1) is 11.3 Å². The molecule has 1 aliphatic carbocycles. The maximum absolute atomic E-state index is 2.50. The third kappa shape index (κ3) is 4.51. The molecular weight excluding hydrogens is 563 g/mol. The quantitative estimate of drug-likeness (QED) is 0.194. The molecule has 0 saturated heterocycles. The molecule has 1 heterocycles.